The fraction of sp³-hybridized carbons (Fsp3) is 0.433. The first-order valence-corrected chi connectivity index (χ1v) is 13.7. The summed E-state index contributed by atoms with van der Waals surface area (Å²) < 4.78 is 32.8. The molecule has 6 rings (SSSR count). The molecule has 2 N–H and O–H groups in total. The van der Waals surface area contributed by atoms with Gasteiger partial charge in [-0.05, 0) is 43.4 Å². The molecule has 3 aromatic rings. The van der Waals surface area contributed by atoms with E-state index in [4.69, 9.17) is 4.52 Å². The number of halogens is 2. The number of amides is 2. The first kappa shape index (κ1) is 25.7. The van der Waals surface area contributed by atoms with Crippen LogP contribution < -0.4 is 10.6 Å². The van der Waals surface area contributed by atoms with Crippen LogP contribution in [0.3, 0.4) is 0 Å². The minimum Gasteiger partial charge on any atom is -0.355 e. The zero-order valence-corrected chi connectivity index (χ0v) is 21.7. The monoisotopic (exact) mass is 534 g/mol. The van der Waals surface area contributed by atoms with Crippen molar-refractivity contribution in [1.29, 1.82) is 0 Å². The molecule has 1 aliphatic heterocycles. The quantitative estimate of drug-likeness (QED) is 0.428. The second-order valence-corrected chi connectivity index (χ2v) is 11.3. The molecule has 3 aliphatic rings. The molecule has 2 aromatic carbocycles. The molecule has 0 bridgehead atoms. The van der Waals surface area contributed by atoms with Crippen molar-refractivity contribution in [2.75, 3.05) is 13.1 Å². The van der Waals surface area contributed by atoms with Gasteiger partial charge in [-0.2, -0.15) is 0 Å². The molecule has 0 spiro atoms. The maximum atomic E-state index is 14.2. The molecule has 7 nitrogen and oxygen atoms in total. The van der Waals surface area contributed by atoms with Crippen molar-refractivity contribution in [3.05, 3.63) is 77.5 Å². The van der Waals surface area contributed by atoms with Crippen LogP contribution in [0.5, 0.6) is 0 Å². The van der Waals surface area contributed by atoms with E-state index in [9.17, 15) is 18.4 Å². The summed E-state index contributed by atoms with van der Waals surface area (Å²) in [4.78, 5) is 29.0. The van der Waals surface area contributed by atoms with Gasteiger partial charge >= 0.3 is 0 Å². The third-order valence-electron chi connectivity index (χ3n) is 8.37. The molecule has 9 heteroatoms. The van der Waals surface area contributed by atoms with Crippen LogP contribution in [0.15, 0.2) is 59.1 Å². The van der Waals surface area contributed by atoms with Crippen molar-refractivity contribution >= 4 is 11.8 Å². The van der Waals surface area contributed by atoms with Gasteiger partial charge in [0.1, 0.15) is 11.6 Å². The second-order valence-electron chi connectivity index (χ2n) is 11.3. The van der Waals surface area contributed by atoms with Gasteiger partial charge in [0.05, 0.1) is 23.1 Å². The lowest BCUT2D eigenvalue weighted by Crippen LogP contribution is -2.73. The number of hydrogen-bond acceptors (Lipinski definition) is 5. The highest BCUT2D eigenvalue weighted by molar-refractivity contribution is 5.94. The number of carbonyl (C=O) groups is 2. The van der Waals surface area contributed by atoms with Crippen molar-refractivity contribution in [1.82, 2.24) is 20.7 Å². The average Bonchev–Trinajstić information content (AvgIpc) is 3.52. The number of benzene rings is 2. The molecule has 0 unspecified atom stereocenters. The van der Waals surface area contributed by atoms with Crippen LogP contribution >= 0.6 is 0 Å². The topological polar surface area (TPSA) is 87.5 Å². The van der Waals surface area contributed by atoms with Gasteiger partial charge in [-0.1, -0.05) is 54.8 Å². The van der Waals surface area contributed by atoms with E-state index in [-0.39, 0.29) is 34.9 Å². The van der Waals surface area contributed by atoms with Crippen LogP contribution in [0, 0.1) is 11.6 Å². The van der Waals surface area contributed by atoms with Crippen LogP contribution in [0.4, 0.5) is 8.78 Å². The molecular weight excluding hydrogens is 502 g/mol. The third-order valence-corrected chi connectivity index (χ3v) is 8.37. The SMILES string of the molecule is O=C(CC1(NC(=O)c2cc(-c3ccc(F)cc3F)on2)CN(C2CCCCC2)C1)NC1(c2ccccc2)CC1. The van der Waals surface area contributed by atoms with Crippen molar-refractivity contribution in [3.63, 3.8) is 0 Å². The van der Waals surface area contributed by atoms with E-state index < -0.39 is 23.1 Å². The second kappa shape index (κ2) is 10.2. The van der Waals surface area contributed by atoms with Gasteiger partial charge in [0, 0.05) is 31.3 Å². The smallest absolute Gasteiger partial charge is 0.274 e. The van der Waals surface area contributed by atoms with Crippen molar-refractivity contribution in [2.45, 2.75) is 68.5 Å². The first-order valence-electron chi connectivity index (χ1n) is 13.7. The fourth-order valence-corrected chi connectivity index (χ4v) is 6.16. The standard InChI is InChI=1S/C30H32F2N4O3/c31-21-11-12-23(24(32)15-21)26-16-25(35-39-26)28(38)34-29(18-36(19-29)22-9-5-2-6-10-22)17-27(37)33-30(13-14-30)20-7-3-1-4-8-20/h1,3-4,7-8,11-12,15-16,22H,2,5-6,9-10,13-14,17-19H2,(H,33,37)(H,34,38). The molecule has 0 radical (unpaired) electrons. The van der Waals surface area contributed by atoms with Crippen LogP contribution in [-0.4, -0.2) is 46.5 Å². The number of rotatable bonds is 8. The average molecular weight is 535 g/mol. The van der Waals surface area contributed by atoms with Crippen molar-refractivity contribution < 1.29 is 22.9 Å². The highest BCUT2D eigenvalue weighted by atomic mass is 19.1. The van der Waals surface area contributed by atoms with E-state index in [0.29, 0.717) is 19.1 Å². The molecular formula is C30H32F2N4O3. The normalized spacial score (nSPS) is 20.2. The maximum Gasteiger partial charge on any atom is 0.274 e. The van der Waals surface area contributed by atoms with Crippen LogP contribution in [0.2, 0.25) is 0 Å². The van der Waals surface area contributed by atoms with Crippen molar-refractivity contribution in [2.24, 2.45) is 0 Å². The van der Waals surface area contributed by atoms with E-state index in [1.165, 1.54) is 31.4 Å². The molecule has 2 amide bonds. The summed E-state index contributed by atoms with van der Waals surface area (Å²) in [5.74, 6) is -2.08. The van der Waals surface area contributed by atoms with Crippen LogP contribution in [0.25, 0.3) is 11.3 Å². The van der Waals surface area contributed by atoms with E-state index in [2.05, 4.69) is 20.7 Å². The lowest BCUT2D eigenvalue weighted by molar-refractivity contribution is -0.126. The Hall–Kier alpha value is -3.59. The highest BCUT2D eigenvalue weighted by Crippen LogP contribution is 2.45. The summed E-state index contributed by atoms with van der Waals surface area (Å²) >= 11 is 0. The Morgan fingerprint density at radius 3 is 2.41 bits per heavy atom. The van der Waals surface area contributed by atoms with Crippen LogP contribution in [0.1, 0.15) is 67.4 Å². The van der Waals surface area contributed by atoms with E-state index in [0.717, 1.165) is 43.4 Å². The van der Waals surface area contributed by atoms with Gasteiger partial charge in [-0.25, -0.2) is 8.78 Å². The largest absolute Gasteiger partial charge is 0.355 e. The summed E-state index contributed by atoms with van der Waals surface area (Å²) in [5.41, 5.74) is 0.00627. The number of hydrogen-bond donors (Lipinski definition) is 2. The summed E-state index contributed by atoms with van der Waals surface area (Å²) in [7, 11) is 0. The first-order chi connectivity index (χ1) is 18.8. The number of nitrogens with one attached hydrogen (secondary N) is 2. The Morgan fingerprint density at radius 1 is 0.974 bits per heavy atom. The molecule has 1 saturated heterocycles. The summed E-state index contributed by atoms with van der Waals surface area (Å²) in [5, 5.41) is 10.1. The number of nitrogens with zero attached hydrogens (tertiary/aromatic N) is 2. The molecule has 1 aromatic heterocycles. The third kappa shape index (κ3) is 5.32. The zero-order chi connectivity index (χ0) is 27.0. The highest BCUT2D eigenvalue weighted by Gasteiger charge is 2.51. The van der Waals surface area contributed by atoms with E-state index >= 15 is 0 Å². The lowest BCUT2D eigenvalue weighted by atomic mass is 9.81. The molecule has 3 fully saturated rings. The van der Waals surface area contributed by atoms with Crippen LogP contribution in [-0.2, 0) is 10.3 Å². The van der Waals surface area contributed by atoms with Gasteiger partial charge in [0.15, 0.2) is 11.5 Å². The van der Waals surface area contributed by atoms with Gasteiger partial charge in [-0.15, -0.1) is 0 Å². The minimum absolute atomic E-state index is 0.0137. The molecule has 2 saturated carbocycles. The maximum absolute atomic E-state index is 14.2. The van der Waals surface area contributed by atoms with Crippen molar-refractivity contribution in [3.8, 4) is 11.3 Å². The minimum atomic E-state index is -0.805. The summed E-state index contributed by atoms with van der Waals surface area (Å²) in [6.45, 7) is 1.15. The molecule has 204 valence electrons. The van der Waals surface area contributed by atoms with Gasteiger partial charge in [0.25, 0.3) is 5.91 Å². The number of likely N-dealkylation sites (tertiary alicyclic amines) is 1. The lowest BCUT2D eigenvalue weighted by Gasteiger charge is -2.54. The Bertz CT molecular complexity index is 1360. The predicted molar refractivity (Wildman–Crippen MR) is 141 cm³/mol. The Balaban J connectivity index is 1.17. The molecule has 0 atom stereocenters. The Kier molecular flexibility index (Phi) is 6.71. The fourth-order valence-electron chi connectivity index (χ4n) is 6.16. The van der Waals surface area contributed by atoms with E-state index in [1.807, 2.05) is 30.3 Å². The number of aromatic nitrogens is 1. The van der Waals surface area contributed by atoms with E-state index in [1.54, 1.807) is 0 Å². The summed E-state index contributed by atoms with van der Waals surface area (Å²) in [6.07, 6.45) is 7.82. The van der Waals surface area contributed by atoms with Gasteiger partial charge in [0.2, 0.25) is 5.91 Å². The Morgan fingerprint density at radius 2 is 1.72 bits per heavy atom. The van der Waals surface area contributed by atoms with Gasteiger partial charge < -0.3 is 15.2 Å². The predicted octanol–water partition coefficient (Wildman–Crippen LogP) is 4.93. The van der Waals surface area contributed by atoms with Gasteiger partial charge in [-0.3, -0.25) is 14.5 Å². The molecule has 2 aliphatic carbocycles. The number of carbonyl (C=O) groups excluding carboxylic acids is 2. The molecule has 2 heterocycles. The molecule has 39 heavy (non-hydrogen) atoms. The Labute approximate surface area is 225 Å². The summed E-state index contributed by atoms with van der Waals surface area (Å²) in [6, 6.07) is 14.9. The zero-order valence-electron chi connectivity index (χ0n) is 21.7.